The Balaban J connectivity index is 1.62. The zero-order chi connectivity index (χ0) is 18.5. The van der Waals surface area contributed by atoms with Crippen LogP contribution < -0.4 is 15.2 Å². The second kappa shape index (κ2) is 8.39. The van der Waals surface area contributed by atoms with E-state index in [0.29, 0.717) is 17.7 Å². The maximum atomic E-state index is 12.7. The van der Waals surface area contributed by atoms with E-state index in [1.807, 2.05) is 12.1 Å². The van der Waals surface area contributed by atoms with Gasteiger partial charge in [-0.1, -0.05) is 26.0 Å². The molecule has 5 heteroatoms. The number of hydrogen-bond donors (Lipinski definition) is 0. The molecule has 0 unspecified atom stereocenters. The lowest BCUT2D eigenvalue weighted by molar-refractivity contribution is 0.396. The molecule has 0 atom stereocenters. The Morgan fingerprint density at radius 3 is 2.73 bits per heavy atom. The Morgan fingerprint density at radius 1 is 1.27 bits per heavy atom. The molecule has 1 aromatic heterocycles. The minimum absolute atomic E-state index is 0.0347. The maximum absolute atomic E-state index is 12.7. The van der Waals surface area contributed by atoms with Crippen LogP contribution in [0.15, 0.2) is 41.5 Å². The topological polar surface area (TPSA) is 47.4 Å². The van der Waals surface area contributed by atoms with Gasteiger partial charge in [-0.15, -0.1) is 0 Å². The molecule has 26 heavy (non-hydrogen) atoms. The van der Waals surface area contributed by atoms with Crippen molar-refractivity contribution < 1.29 is 4.74 Å². The molecule has 0 aliphatic carbocycles. The number of ether oxygens (including phenoxy) is 1. The summed E-state index contributed by atoms with van der Waals surface area (Å²) in [6, 6.07) is 8.32. The van der Waals surface area contributed by atoms with Gasteiger partial charge < -0.3 is 14.2 Å². The highest BCUT2D eigenvalue weighted by Crippen LogP contribution is 2.24. The average Bonchev–Trinajstić information content (AvgIpc) is 2.64. The number of piperidine rings is 1. The van der Waals surface area contributed by atoms with E-state index >= 15 is 0 Å². The first-order chi connectivity index (χ1) is 12.6. The normalized spacial score (nSPS) is 15.5. The van der Waals surface area contributed by atoms with Gasteiger partial charge in [-0.2, -0.15) is 0 Å². The van der Waals surface area contributed by atoms with Gasteiger partial charge in [-0.3, -0.25) is 4.79 Å². The van der Waals surface area contributed by atoms with E-state index in [2.05, 4.69) is 35.9 Å². The van der Waals surface area contributed by atoms with Crippen LogP contribution in [-0.4, -0.2) is 29.8 Å². The van der Waals surface area contributed by atoms with E-state index in [0.717, 1.165) is 44.6 Å². The second-order valence-corrected chi connectivity index (χ2v) is 7.59. The third kappa shape index (κ3) is 4.45. The first-order valence-electron chi connectivity index (χ1n) is 9.50. The van der Waals surface area contributed by atoms with E-state index in [1.165, 1.54) is 5.56 Å². The van der Waals surface area contributed by atoms with Crippen molar-refractivity contribution in [3.05, 3.63) is 52.6 Å². The molecule has 5 nitrogen and oxygen atoms in total. The molecule has 1 aromatic carbocycles. The number of methoxy groups -OCH3 is 1. The fourth-order valence-corrected chi connectivity index (χ4v) is 3.67. The number of nitrogens with zero attached hydrogens (tertiary/aromatic N) is 3. The Labute approximate surface area is 155 Å². The number of rotatable bonds is 6. The second-order valence-electron chi connectivity index (χ2n) is 7.59. The van der Waals surface area contributed by atoms with Gasteiger partial charge in [0.1, 0.15) is 5.75 Å². The molecular weight excluding hydrogens is 326 g/mol. The van der Waals surface area contributed by atoms with Crippen LogP contribution in [0.5, 0.6) is 5.75 Å². The molecule has 0 saturated carbocycles. The van der Waals surface area contributed by atoms with Gasteiger partial charge in [0.05, 0.1) is 7.11 Å². The fraction of sp³-hybridized carbons (Fsp3) is 0.524. The summed E-state index contributed by atoms with van der Waals surface area (Å²) in [5.41, 5.74) is 1.35. The molecule has 2 aromatic rings. The van der Waals surface area contributed by atoms with Gasteiger partial charge in [0.15, 0.2) is 5.82 Å². The first-order valence-corrected chi connectivity index (χ1v) is 9.50. The number of anilines is 1. The van der Waals surface area contributed by atoms with E-state index in [-0.39, 0.29) is 5.56 Å². The van der Waals surface area contributed by atoms with Gasteiger partial charge in [-0.25, -0.2) is 4.98 Å². The Bertz CT molecular complexity index is 777. The Hall–Kier alpha value is -2.30. The van der Waals surface area contributed by atoms with Crippen LogP contribution in [0.3, 0.4) is 0 Å². The van der Waals surface area contributed by atoms with Crippen molar-refractivity contribution in [3.63, 3.8) is 0 Å². The largest absolute Gasteiger partial charge is 0.497 e. The predicted molar refractivity (Wildman–Crippen MR) is 105 cm³/mol. The summed E-state index contributed by atoms with van der Waals surface area (Å²) >= 11 is 0. The van der Waals surface area contributed by atoms with Crippen LogP contribution in [0.1, 0.15) is 32.3 Å². The molecule has 0 radical (unpaired) electrons. The summed E-state index contributed by atoms with van der Waals surface area (Å²) in [6.07, 6.45) is 6.77. The van der Waals surface area contributed by atoms with Crippen LogP contribution in [0, 0.1) is 11.8 Å². The quantitative estimate of drug-likeness (QED) is 0.797. The Morgan fingerprint density at radius 2 is 2.04 bits per heavy atom. The molecular formula is C21H29N3O2. The van der Waals surface area contributed by atoms with Crippen molar-refractivity contribution in [1.29, 1.82) is 0 Å². The van der Waals surface area contributed by atoms with E-state index in [9.17, 15) is 4.79 Å². The molecule has 1 aliphatic rings. The predicted octanol–water partition coefficient (Wildman–Crippen LogP) is 3.37. The smallest absolute Gasteiger partial charge is 0.293 e. The third-order valence-corrected chi connectivity index (χ3v) is 5.03. The van der Waals surface area contributed by atoms with E-state index in [4.69, 9.17) is 4.74 Å². The van der Waals surface area contributed by atoms with Crippen LogP contribution in [0.25, 0.3) is 0 Å². The summed E-state index contributed by atoms with van der Waals surface area (Å²) in [7, 11) is 1.70. The van der Waals surface area contributed by atoms with Crippen LogP contribution in [0.4, 0.5) is 5.82 Å². The first kappa shape index (κ1) is 18.5. The minimum atomic E-state index is 0.0347. The maximum Gasteiger partial charge on any atom is 0.293 e. The average molecular weight is 355 g/mol. The summed E-state index contributed by atoms with van der Waals surface area (Å²) in [4.78, 5) is 19.2. The highest BCUT2D eigenvalue weighted by Gasteiger charge is 2.22. The molecule has 0 N–H and O–H groups in total. The van der Waals surface area contributed by atoms with Crippen molar-refractivity contribution >= 4 is 5.82 Å². The molecule has 3 rings (SSSR count). The van der Waals surface area contributed by atoms with Crippen molar-refractivity contribution in [1.82, 2.24) is 9.55 Å². The third-order valence-electron chi connectivity index (χ3n) is 5.03. The number of hydrogen-bond acceptors (Lipinski definition) is 4. The highest BCUT2D eigenvalue weighted by atomic mass is 16.5. The number of benzene rings is 1. The molecule has 1 fully saturated rings. The molecule has 0 spiro atoms. The molecule has 1 aliphatic heterocycles. The summed E-state index contributed by atoms with van der Waals surface area (Å²) in [5, 5.41) is 0. The van der Waals surface area contributed by atoms with Gasteiger partial charge in [0, 0.05) is 32.0 Å². The van der Waals surface area contributed by atoms with E-state index < -0.39 is 0 Å². The van der Waals surface area contributed by atoms with Crippen LogP contribution >= 0.6 is 0 Å². The SMILES string of the molecule is COc1cccc(CC2CCN(c3nccn(CC(C)C)c3=O)CC2)c1. The van der Waals surface area contributed by atoms with Crippen LogP contribution in [0.2, 0.25) is 0 Å². The lowest BCUT2D eigenvalue weighted by Gasteiger charge is -2.32. The van der Waals surface area contributed by atoms with Crippen LogP contribution in [-0.2, 0) is 13.0 Å². The summed E-state index contributed by atoms with van der Waals surface area (Å²) in [6.45, 7) is 6.76. The highest BCUT2D eigenvalue weighted by molar-refractivity contribution is 5.36. The lowest BCUT2D eigenvalue weighted by Crippen LogP contribution is -2.39. The summed E-state index contributed by atoms with van der Waals surface area (Å²) in [5.74, 6) is 2.60. The molecule has 0 bridgehead atoms. The summed E-state index contributed by atoms with van der Waals surface area (Å²) < 4.78 is 7.10. The van der Waals surface area contributed by atoms with Crippen molar-refractivity contribution in [2.45, 2.75) is 39.7 Å². The number of aromatic nitrogens is 2. The molecule has 140 valence electrons. The standard InChI is InChI=1S/C21H29N3O2/c1-16(2)15-24-12-9-22-20(21(24)25)23-10-7-17(8-11-23)13-18-5-4-6-19(14-18)26-3/h4-6,9,12,14,16-17H,7-8,10-11,13,15H2,1-3H3. The minimum Gasteiger partial charge on any atom is -0.497 e. The molecule has 2 heterocycles. The van der Waals surface area contributed by atoms with Crippen molar-refractivity contribution in [2.24, 2.45) is 11.8 Å². The van der Waals surface area contributed by atoms with Gasteiger partial charge in [0.2, 0.25) is 0 Å². The zero-order valence-corrected chi connectivity index (χ0v) is 16.0. The van der Waals surface area contributed by atoms with Crippen molar-refractivity contribution in [2.75, 3.05) is 25.1 Å². The van der Waals surface area contributed by atoms with Crippen molar-refractivity contribution in [3.8, 4) is 5.75 Å². The van der Waals surface area contributed by atoms with Gasteiger partial charge >= 0.3 is 0 Å². The molecule has 1 saturated heterocycles. The van der Waals surface area contributed by atoms with Gasteiger partial charge in [0.25, 0.3) is 5.56 Å². The Kier molecular flexibility index (Phi) is 5.96. The van der Waals surface area contributed by atoms with Gasteiger partial charge in [-0.05, 0) is 48.8 Å². The lowest BCUT2D eigenvalue weighted by atomic mass is 9.90. The molecule has 0 amide bonds. The fourth-order valence-electron chi connectivity index (χ4n) is 3.67. The van der Waals surface area contributed by atoms with E-state index in [1.54, 1.807) is 24.1 Å². The zero-order valence-electron chi connectivity index (χ0n) is 16.0. The monoisotopic (exact) mass is 355 g/mol.